The van der Waals surface area contributed by atoms with Gasteiger partial charge in [-0.1, -0.05) is 0 Å². The van der Waals surface area contributed by atoms with Gasteiger partial charge < -0.3 is 10.6 Å². The van der Waals surface area contributed by atoms with E-state index in [9.17, 15) is 13.2 Å². The highest BCUT2D eigenvalue weighted by Gasteiger charge is 2.33. The topological polar surface area (TPSA) is 29.3 Å². The maximum absolute atomic E-state index is 12.8. The van der Waals surface area contributed by atoms with Gasteiger partial charge in [0.25, 0.3) is 0 Å². The minimum atomic E-state index is -4.40. The van der Waals surface area contributed by atoms with Gasteiger partial charge in [0.05, 0.1) is 5.56 Å². The zero-order valence-corrected chi connectivity index (χ0v) is 10.8. The number of nitrogens with zero attached hydrogens (tertiary/aromatic N) is 1. The van der Waals surface area contributed by atoms with Crippen molar-refractivity contribution >= 4 is 23.1 Å². The Kier molecular flexibility index (Phi) is 3.66. The Bertz CT molecular complexity index is 428. The summed E-state index contributed by atoms with van der Waals surface area (Å²) in [4.78, 5) is 1.91. The molecule has 0 saturated carbocycles. The van der Waals surface area contributed by atoms with E-state index in [0.717, 1.165) is 24.0 Å². The van der Waals surface area contributed by atoms with Crippen molar-refractivity contribution in [2.24, 2.45) is 0 Å². The Balaban J connectivity index is 2.28. The van der Waals surface area contributed by atoms with Crippen LogP contribution in [0.2, 0.25) is 0 Å². The Morgan fingerprint density at radius 3 is 2.67 bits per heavy atom. The molecule has 6 heteroatoms. The number of thioether (sulfide) groups is 1. The summed E-state index contributed by atoms with van der Waals surface area (Å²) < 4.78 is 38.3. The zero-order chi connectivity index (χ0) is 13.3. The second kappa shape index (κ2) is 4.91. The molecule has 18 heavy (non-hydrogen) atoms. The fraction of sp³-hybridized carbons (Fsp3) is 0.500. The number of alkyl halides is 3. The molecule has 1 atom stereocenters. The van der Waals surface area contributed by atoms with Gasteiger partial charge in [-0.3, -0.25) is 0 Å². The van der Waals surface area contributed by atoms with Crippen molar-refractivity contribution in [3.05, 3.63) is 23.8 Å². The molecule has 2 rings (SSSR count). The zero-order valence-electron chi connectivity index (χ0n) is 10.00. The molecule has 1 unspecified atom stereocenters. The van der Waals surface area contributed by atoms with Gasteiger partial charge >= 0.3 is 6.18 Å². The summed E-state index contributed by atoms with van der Waals surface area (Å²) in [5.41, 5.74) is 4.99. The minimum Gasteiger partial charge on any atom is -0.398 e. The fourth-order valence-electron chi connectivity index (χ4n) is 2.05. The van der Waals surface area contributed by atoms with E-state index in [1.54, 1.807) is 6.07 Å². The molecule has 2 N–H and O–H groups in total. The maximum Gasteiger partial charge on any atom is 0.418 e. The minimum absolute atomic E-state index is 0.222. The number of hydrogen-bond donors (Lipinski definition) is 1. The van der Waals surface area contributed by atoms with Crippen LogP contribution in [0.15, 0.2) is 18.2 Å². The molecule has 0 bridgehead atoms. The second-order valence-corrected chi connectivity index (χ2v) is 5.55. The molecule has 1 fully saturated rings. The lowest BCUT2D eigenvalue weighted by molar-refractivity contribution is -0.136. The fourth-order valence-corrected chi connectivity index (χ4v) is 3.32. The van der Waals surface area contributed by atoms with Crippen molar-refractivity contribution in [2.45, 2.75) is 18.6 Å². The summed E-state index contributed by atoms with van der Waals surface area (Å²) in [5.74, 6) is 2.03. The normalized spacial score (nSPS) is 20.1. The van der Waals surface area contributed by atoms with Crippen molar-refractivity contribution < 1.29 is 13.2 Å². The van der Waals surface area contributed by atoms with Crippen LogP contribution < -0.4 is 10.6 Å². The van der Waals surface area contributed by atoms with Crippen molar-refractivity contribution in [1.29, 1.82) is 0 Å². The highest BCUT2D eigenvalue weighted by atomic mass is 32.2. The number of nitrogen functional groups attached to an aromatic ring is 1. The number of hydrogen-bond acceptors (Lipinski definition) is 3. The van der Waals surface area contributed by atoms with Crippen molar-refractivity contribution in [1.82, 2.24) is 0 Å². The van der Waals surface area contributed by atoms with Gasteiger partial charge in [-0.2, -0.15) is 24.9 Å². The van der Waals surface area contributed by atoms with E-state index in [2.05, 4.69) is 0 Å². The van der Waals surface area contributed by atoms with Crippen LogP contribution in [0.3, 0.4) is 0 Å². The third-order valence-corrected chi connectivity index (χ3v) is 4.35. The molecule has 0 amide bonds. The van der Waals surface area contributed by atoms with E-state index in [1.165, 1.54) is 6.07 Å². The lowest BCUT2D eigenvalue weighted by atomic mass is 10.1. The van der Waals surface area contributed by atoms with Crippen LogP contribution in [-0.2, 0) is 6.18 Å². The van der Waals surface area contributed by atoms with Gasteiger partial charge in [0.15, 0.2) is 0 Å². The maximum atomic E-state index is 12.8. The first-order chi connectivity index (χ1) is 8.39. The average molecular weight is 276 g/mol. The Labute approximate surface area is 108 Å². The highest BCUT2D eigenvalue weighted by molar-refractivity contribution is 7.99. The van der Waals surface area contributed by atoms with Crippen LogP contribution in [0, 0.1) is 0 Å². The van der Waals surface area contributed by atoms with Gasteiger partial charge in [-0.05, 0) is 30.4 Å². The number of rotatable bonds is 2. The molecule has 0 aromatic heterocycles. The van der Waals surface area contributed by atoms with E-state index < -0.39 is 11.7 Å². The molecule has 1 aliphatic rings. The summed E-state index contributed by atoms with van der Waals surface area (Å²) in [6, 6.07) is 4.42. The van der Waals surface area contributed by atoms with E-state index in [1.807, 2.05) is 23.7 Å². The van der Waals surface area contributed by atoms with Gasteiger partial charge in [0.2, 0.25) is 0 Å². The van der Waals surface area contributed by atoms with Crippen LogP contribution in [0.4, 0.5) is 24.5 Å². The van der Waals surface area contributed by atoms with Crippen molar-refractivity contribution in [2.75, 3.05) is 29.2 Å². The summed E-state index contributed by atoms with van der Waals surface area (Å²) in [6.45, 7) is 0. The summed E-state index contributed by atoms with van der Waals surface area (Å²) >= 11 is 1.83. The van der Waals surface area contributed by atoms with Gasteiger partial charge in [0.1, 0.15) is 0 Å². The molecule has 1 aromatic carbocycles. The molecule has 0 spiro atoms. The van der Waals surface area contributed by atoms with E-state index in [4.69, 9.17) is 5.73 Å². The highest BCUT2D eigenvalue weighted by Crippen LogP contribution is 2.36. The SMILES string of the molecule is CN(c1ccc(N)c(C(F)(F)F)c1)C1CCSC1. The number of halogens is 3. The second-order valence-electron chi connectivity index (χ2n) is 4.40. The predicted molar refractivity (Wildman–Crippen MR) is 70.0 cm³/mol. The molecule has 1 heterocycles. The Hall–Kier alpha value is -1.04. The van der Waals surface area contributed by atoms with Crippen LogP contribution >= 0.6 is 11.8 Å². The molecule has 0 radical (unpaired) electrons. The van der Waals surface area contributed by atoms with Crippen LogP contribution in [-0.4, -0.2) is 24.6 Å². The molecule has 2 nitrogen and oxygen atoms in total. The molecule has 1 saturated heterocycles. The summed E-state index contributed by atoms with van der Waals surface area (Å²) in [5, 5.41) is 0. The smallest absolute Gasteiger partial charge is 0.398 e. The molecule has 1 aliphatic heterocycles. The van der Waals surface area contributed by atoms with Crippen LogP contribution in [0.1, 0.15) is 12.0 Å². The van der Waals surface area contributed by atoms with Crippen molar-refractivity contribution in [3.8, 4) is 0 Å². The Morgan fingerprint density at radius 1 is 1.39 bits per heavy atom. The number of benzene rings is 1. The first kappa shape index (κ1) is 13.4. The first-order valence-corrected chi connectivity index (χ1v) is 6.82. The van der Waals surface area contributed by atoms with E-state index in [0.29, 0.717) is 11.7 Å². The first-order valence-electron chi connectivity index (χ1n) is 5.67. The number of anilines is 2. The Morgan fingerprint density at radius 2 is 2.11 bits per heavy atom. The van der Waals surface area contributed by atoms with Crippen LogP contribution in [0.5, 0.6) is 0 Å². The lowest BCUT2D eigenvalue weighted by Crippen LogP contribution is -2.31. The third-order valence-electron chi connectivity index (χ3n) is 3.20. The van der Waals surface area contributed by atoms with Gasteiger partial charge in [-0.25, -0.2) is 0 Å². The van der Waals surface area contributed by atoms with E-state index >= 15 is 0 Å². The third kappa shape index (κ3) is 2.68. The average Bonchev–Trinajstić information content (AvgIpc) is 2.80. The monoisotopic (exact) mass is 276 g/mol. The van der Waals surface area contributed by atoms with Gasteiger partial charge in [0, 0.05) is 30.2 Å². The lowest BCUT2D eigenvalue weighted by Gasteiger charge is -2.27. The van der Waals surface area contributed by atoms with Gasteiger partial charge in [-0.15, -0.1) is 0 Å². The quantitative estimate of drug-likeness (QED) is 0.841. The molecule has 0 aliphatic carbocycles. The van der Waals surface area contributed by atoms with Crippen LogP contribution in [0.25, 0.3) is 0 Å². The largest absolute Gasteiger partial charge is 0.418 e. The summed E-state index contributed by atoms with van der Waals surface area (Å²) in [7, 11) is 1.84. The van der Waals surface area contributed by atoms with Crippen molar-refractivity contribution in [3.63, 3.8) is 0 Å². The molecule has 1 aromatic rings. The standard InChI is InChI=1S/C12H15F3N2S/c1-17(9-4-5-18-7-9)8-2-3-11(16)10(6-8)12(13,14)15/h2-3,6,9H,4-5,7,16H2,1H3. The molecule has 100 valence electrons. The predicted octanol–water partition coefficient (Wildman–Crippen LogP) is 3.23. The molecular formula is C12H15F3N2S. The molecular weight excluding hydrogens is 261 g/mol. The summed E-state index contributed by atoms with van der Waals surface area (Å²) in [6.07, 6.45) is -3.39. The van der Waals surface area contributed by atoms with E-state index in [-0.39, 0.29) is 5.69 Å². The number of nitrogens with two attached hydrogens (primary N) is 1.